The highest BCUT2D eigenvalue weighted by Gasteiger charge is 2.24. The number of aliphatic hydroxyl groups is 1. The number of carbonyl (C=O) groups is 2. The van der Waals surface area contributed by atoms with E-state index in [9.17, 15) is 23.5 Å². The number of aliphatic hydroxyl groups excluding tert-OH is 1. The molecule has 1 aromatic carbocycles. The molecule has 1 rings (SSSR count). The lowest BCUT2D eigenvalue weighted by atomic mass is 10.1. The van der Waals surface area contributed by atoms with Crippen molar-refractivity contribution in [3.05, 3.63) is 28.8 Å². The van der Waals surface area contributed by atoms with Gasteiger partial charge in [-0.1, -0.05) is 0 Å². The number of nitrogens with two attached hydrogens (primary N) is 1. The van der Waals surface area contributed by atoms with Crippen molar-refractivity contribution in [2.24, 2.45) is 0 Å². The zero-order valence-electron chi connectivity index (χ0n) is 14.7. The molecule has 3 N–H and O–H groups in total. The highest BCUT2D eigenvalue weighted by Crippen LogP contribution is 2.30. The van der Waals surface area contributed by atoms with E-state index in [1.807, 2.05) is 0 Å². The van der Waals surface area contributed by atoms with Gasteiger partial charge in [0.2, 0.25) is 5.82 Å². The van der Waals surface area contributed by atoms with Crippen LogP contribution in [-0.2, 0) is 19.1 Å². The van der Waals surface area contributed by atoms with Gasteiger partial charge in [0.05, 0.1) is 25.0 Å². The smallest absolute Gasteiger partial charge is 0.345 e. The summed E-state index contributed by atoms with van der Waals surface area (Å²) < 4.78 is 42.5. The molecule has 0 saturated heterocycles. The zero-order chi connectivity index (χ0) is 19.9. The maximum atomic E-state index is 14.0. The van der Waals surface area contributed by atoms with Crippen LogP contribution in [0.4, 0.5) is 14.5 Å². The van der Waals surface area contributed by atoms with E-state index in [0.29, 0.717) is 0 Å². The molecule has 0 bridgehead atoms. The number of carbonyl (C=O) groups excluding carboxylic acids is 2. The summed E-state index contributed by atoms with van der Waals surface area (Å²) in [5, 5.41) is 9.21. The summed E-state index contributed by atoms with van der Waals surface area (Å²) in [6, 6.07) is 1.01. The van der Waals surface area contributed by atoms with Crippen LogP contribution >= 0.6 is 0 Å². The van der Waals surface area contributed by atoms with E-state index in [1.165, 1.54) is 20.8 Å². The number of anilines is 1. The topological polar surface area (TPSA) is 108 Å². The maximum Gasteiger partial charge on any atom is 0.345 e. The molecule has 0 fully saturated rings. The van der Waals surface area contributed by atoms with Crippen LogP contribution in [0.1, 0.15) is 26.3 Å². The fourth-order valence-corrected chi connectivity index (χ4v) is 1.84. The van der Waals surface area contributed by atoms with Gasteiger partial charge in [0.25, 0.3) is 0 Å². The molecule has 7 nitrogen and oxygen atoms in total. The Bertz CT molecular complexity index is 683. The first-order chi connectivity index (χ1) is 12.2. The Labute approximate surface area is 149 Å². The molecule has 26 heavy (non-hydrogen) atoms. The summed E-state index contributed by atoms with van der Waals surface area (Å²) in [6.45, 7) is 4.15. The van der Waals surface area contributed by atoms with Crippen LogP contribution in [0.25, 0.3) is 6.08 Å². The molecule has 0 aliphatic carbocycles. The van der Waals surface area contributed by atoms with Gasteiger partial charge in [-0.25, -0.2) is 14.0 Å². The van der Waals surface area contributed by atoms with E-state index in [2.05, 4.69) is 0 Å². The van der Waals surface area contributed by atoms with Gasteiger partial charge in [-0.15, -0.1) is 0 Å². The Morgan fingerprint density at radius 3 is 2.19 bits per heavy atom. The molecule has 0 aromatic heterocycles. The van der Waals surface area contributed by atoms with Crippen LogP contribution in [0.15, 0.2) is 11.6 Å². The average molecular weight is 373 g/mol. The average Bonchev–Trinajstić information content (AvgIpc) is 2.58. The van der Waals surface area contributed by atoms with E-state index in [4.69, 9.17) is 19.9 Å². The number of rotatable bonds is 8. The number of benzene rings is 1. The molecular weight excluding hydrogens is 352 g/mol. The van der Waals surface area contributed by atoms with Gasteiger partial charge in [-0.3, -0.25) is 0 Å². The number of esters is 2. The second kappa shape index (κ2) is 9.71. The van der Waals surface area contributed by atoms with Crippen LogP contribution in [0, 0.1) is 11.6 Å². The third-order valence-electron chi connectivity index (χ3n) is 3.01. The first-order valence-corrected chi connectivity index (χ1v) is 7.87. The van der Waals surface area contributed by atoms with Crippen molar-refractivity contribution >= 4 is 23.7 Å². The van der Waals surface area contributed by atoms with Gasteiger partial charge in [-0.05, 0) is 32.9 Å². The van der Waals surface area contributed by atoms with Crippen LogP contribution in [0.2, 0.25) is 0 Å². The van der Waals surface area contributed by atoms with Crippen molar-refractivity contribution < 1.29 is 37.7 Å². The number of hydrogen-bond donors (Lipinski definition) is 2. The van der Waals surface area contributed by atoms with Gasteiger partial charge in [-0.2, -0.15) is 4.39 Å². The lowest BCUT2D eigenvalue weighted by molar-refractivity contribution is -0.146. The predicted octanol–water partition coefficient (Wildman–Crippen LogP) is 1.82. The van der Waals surface area contributed by atoms with Crippen molar-refractivity contribution in [1.29, 1.82) is 0 Å². The quantitative estimate of drug-likeness (QED) is 0.235. The summed E-state index contributed by atoms with van der Waals surface area (Å²) in [7, 11) is 0. The Kier molecular flexibility index (Phi) is 7.98. The molecule has 0 saturated carbocycles. The van der Waals surface area contributed by atoms with Crippen molar-refractivity contribution in [3.8, 4) is 5.75 Å². The normalized spacial score (nSPS) is 11.5. The van der Waals surface area contributed by atoms with E-state index >= 15 is 0 Å². The minimum Gasteiger partial charge on any atom is -0.488 e. The van der Waals surface area contributed by atoms with Crippen molar-refractivity contribution in [2.75, 3.05) is 25.6 Å². The largest absolute Gasteiger partial charge is 0.488 e. The standard InChI is InChI=1S/C17H21F2NO6/c1-4-24-16(22)11(17(23)25-5-2)6-10-7-12(26-8-9(3)21)13(18)14(19)15(10)20/h6-7,9,21H,4-5,8,20H2,1-3H3/t9-/m1/s1. The Balaban J connectivity index is 3.41. The monoisotopic (exact) mass is 373 g/mol. The van der Waals surface area contributed by atoms with E-state index in [0.717, 1.165) is 12.1 Å². The molecule has 1 aromatic rings. The van der Waals surface area contributed by atoms with Gasteiger partial charge >= 0.3 is 11.9 Å². The third kappa shape index (κ3) is 5.41. The molecule has 144 valence electrons. The molecule has 1 atom stereocenters. The molecule has 0 unspecified atom stereocenters. The molecule has 0 heterocycles. The fraction of sp³-hybridized carbons (Fsp3) is 0.412. The lowest BCUT2D eigenvalue weighted by Crippen LogP contribution is -2.18. The summed E-state index contributed by atoms with van der Waals surface area (Å²) in [4.78, 5) is 23.9. The molecule has 0 aliphatic heterocycles. The SMILES string of the molecule is CCOC(=O)C(=Cc1cc(OC[C@@H](C)O)c(F)c(F)c1N)C(=O)OCC. The van der Waals surface area contributed by atoms with E-state index < -0.39 is 46.7 Å². The summed E-state index contributed by atoms with van der Waals surface area (Å²) in [5.74, 6) is -5.29. The summed E-state index contributed by atoms with van der Waals surface area (Å²) >= 11 is 0. The number of ether oxygens (including phenoxy) is 3. The Hall–Kier alpha value is -2.68. The van der Waals surface area contributed by atoms with Crippen LogP contribution < -0.4 is 10.5 Å². The summed E-state index contributed by atoms with van der Waals surface area (Å²) in [5.41, 5.74) is 4.19. The third-order valence-corrected chi connectivity index (χ3v) is 3.01. The highest BCUT2D eigenvalue weighted by atomic mass is 19.2. The van der Waals surface area contributed by atoms with Gasteiger partial charge in [0.15, 0.2) is 11.6 Å². The number of hydrogen-bond acceptors (Lipinski definition) is 7. The lowest BCUT2D eigenvalue weighted by Gasteiger charge is -2.13. The minimum atomic E-state index is -1.41. The molecule has 0 aliphatic rings. The van der Waals surface area contributed by atoms with Crippen molar-refractivity contribution in [2.45, 2.75) is 26.9 Å². The van der Waals surface area contributed by atoms with Gasteiger partial charge < -0.3 is 25.1 Å². The molecule has 0 spiro atoms. The summed E-state index contributed by atoms with van der Waals surface area (Å²) in [6.07, 6.45) is 0.00641. The Morgan fingerprint density at radius 2 is 1.73 bits per heavy atom. The maximum absolute atomic E-state index is 14.0. The fourth-order valence-electron chi connectivity index (χ4n) is 1.84. The second-order valence-electron chi connectivity index (χ2n) is 5.16. The van der Waals surface area contributed by atoms with E-state index in [-0.39, 0.29) is 25.4 Å². The number of nitrogen functional groups attached to an aromatic ring is 1. The van der Waals surface area contributed by atoms with Crippen LogP contribution in [0.3, 0.4) is 0 Å². The second-order valence-corrected chi connectivity index (χ2v) is 5.16. The van der Waals surface area contributed by atoms with Crippen molar-refractivity contribution in [1.82, 2.24) is 0 Å². The Morgan fingerprint density at radius 1 is 1.19 bits per heavy atom. The molecular formula is C17H21F2NO6. The first-order valence-electron chi connectivity index (χ1n) is 7.87. The van der Waals surface area contributed by atoms with Crippen LogP contribution in [0.5, 0.6) is 5.75 Å². The molecule has 0 radical (unpaired) electrons. The van der Waals surface area contributed by atoms with Crippen molar-refractivity contribution in [3.63, 3.8) is 0 Å². The first kappa shape index (κ1) is 21.4. The number of halogens is 2. The van der Waals surface area contributed by atoms with Gasteiger partial charge in [0, 0.05) is 5.56 Å². The highest BCUT2D eigenvalue weighted by molar-refractivity contribution is 6.18. The van der Waals surface area contributed by atoms with Gasteiger partial charge in [0.1, 0.15) is 12.2 Å². The molecule has 0 amide bonds. The van der Waals surface area contributed by atoms with Crippen LogP contribution in [-0.4, -0.2) is 43.0 Å². The zero-order valence-corrected chi connectivity index (χ0v) is 14.7. The minimum absolute atomic E-state index is 0.00834. The van der Waals surface area contributed by atoms with E-state index in [1.54, 1.807) is 0 Å². The molecule has 9 heteroatoms. The predicted molar refractivity (Wildman–Crippen MR) is 89.2 cm³/mol.